The first kappa shape index (κ1) is 17.5. The number of anilines is 1. The number of ether oxygens (including phenoxy) is 1. The molecule has 0 saturated carbocycles. The Bertz CT molecular complexity index is 981. The van der Waals surface area contributed by atoms with Crippen LogP contribution in [0.5, 0.6) is 5.75 Å². The topological polar surface area (TPSA) is 70.8 Å². The summed E-state index contributed by atoms with van der Waals surface area (Å²) in [5.74, 6) is 0.00192. The molecule has 3 aromatic rings. The third-order valence-corrected chi connectivity index (χ3v) is 3.90. The van der Waals surface area contributed by atoms with Crippen molar-refractivity contribution in [1.29, 1.82) is 5.26 Å². The molecule has 0 atom stereocenters. The largest absolute Gasteiger partial charge is 0.433 e. The molecule has 0 aliphatic carbocycles. The number of pyridine rings is 2. The molecule has 0 aliphatic rings. The van der Waals surface area contributed by atoms with Gasteiger partial charge in [0.2, 0.25) is 0 Å². The fourth-order valence-corrected chi connectivity index (χ4v) is 2.80. The Morgan fingerprint density at radius 2 is 2.00 bits per heavy atom. The summed E-state index contributed by atoms with van der Waals surface area (Å²) in [4.78, 5) is 8.48. The van der Waals surface area contributed by atoms with Gasteiger partial charge in [-0.3, -0.25) is 9.97 Å². The van der Waals surface area contributed by atoms with Crippen molar-refractivity contribution in [3.8, 4) is 11.8 Å². The first-order chi connectivity index (χ1) is 12.5. The van der Waals surface area contributed by atoms with Crippen LogP contribution in [0.4, 0.5) is 14.5 Å². The number of benzene rings is 1. The van der Waals surface area contributed by atoms with Gasteiger partial charge in [0.15, 0.2) is 0 Å². The Morgan fingerprint density at radius 3 is 2.65 bits per heavy atom. The van der Waals surface area contributed by atoms with Crippen LogP contribution >= 0.6 is 0 Å². The van der Waals surface area contributed by atoms with E-state index in [2.05, 4.69) is 26.1 Å². The van der Waals surface area contributed by atoms with Crippen molar-refractivity contribution in [2.75, 3.05) is 5.32 Å². The highest BCUT2D eigenvalue weighted by Gasteiger charge is 2.11. The van der Waals surface area contributed by atoms with Gasteiger partial charge >= 0.3 is 6.61 Å². The van der Waals surface area contributed by atoms with Crippen molar-refractivity contribution in [3.63, 3.8) is 0 Å². The smallest absolute Gasteiger partial charge is 0.387 e. The highest BCUT2D eigenvalue weighted by Crippen LogP contribution is 2.29. The summed E-state index contributed by atoms with van der Waals surface area (Å²) in [6.07, 6.45) is 2.79. The maximum Gasteiger partial charge on any atom is 0.387 e. The third kappa shape index (κ3) is 3.70. The van der Waals surface area contributed by atoms with E-state index in [0.717, 1.165) is 22.0 Å². The SMILES string of the molecule is Cc1cc(C)c2ncc(C#N)c(NCc3ccc(OC(F)F)cn3)c2c1. The average molecular weight is 354 g/mol. The highest BCUT2D eigenvalue weighted by molar-refractivity contribution is 5.96. The van der Waals surface area contributed by atoms with Gasteiger partial charge in [0.25, 0.3) is 0 Å². The van der Waals surface area contributed by atoms with Crippen LogP contribution in [-0.2, 0) is 6.54 Å². The number of nitrogens with one attached hydrogen (secondary N) is 1. The molecule has 132 valence electrons. The van der Waals surface area contributed by atoms with Crippen molar-refractivity contribution >= 4 is 16.6 Å². The molecule has 0 radical (unpaired) electrons. The molecule has 0 bridgehead atoms. The van der Waals surface area contributed by atoms with Crippen LogP contribution < -0.4 is 10.1 Å². The maximum atomic E-state index is 12.2. The molecule has 1 aromatic carbocycles. The van der Waals surface area contributed by atoms with Gasteiger partial charge in [0.05, 0.1) is 35.2 Å². The second kappa shape index (κ2) is 7.31. The zero-order valence-electron chi connectivity index (χ0n) is 14.3. The van der Waals surface area contributed by atoms with Crippen LogP contribution in [0.2, 0.25) is 0 Å². The first-order valence-corrected chi connectivity index (χ1v) is 7.91. The molecule has 0 saturated heterocycles. The molecule has 5 nitrogen and oxygen atoms in total. The van der Waals surface area contributed by atoms with Gasteiger partial charge < -0.3 is 10.1 Å². The van der Waals surface area contributed by atoms with Gasteiger partial charge in [0, 0.05) is 11.6 Å². The van der Waals surface area contributed by atoms with Crippen molar-refractivity contribution in [2.45, 2.75) is 27.0 Å². The van der Waals surface area contributed by atoms with E-state index < -0.39 is 6.61 Å². The molecule has 26 heavy (non-hydrogen) atoms. The predicted molar refractivity (Wildman–Crippen MR) is 94.1 cm³/mol. The van der Waals surface area contributed by atoms with Gasteiger partial charge in [-0.1, -0.05) is 11.6 Å². The maximum absolute atomic E-state index is 12.2. The Hall–Kier alpha value is -3.27. The minimum absolute atomic E-state index is 0.00192. The fraction of sp³-hybridized carbons (Fsp3) is 0.211. The zero-order valence-corrected chi connectivity index (χ0v) is 14.3. The number of aromatic nitrogens is 2. The normalized spacial score (nSPS) is 10.8. The summed E-state index contributed by atoms with van der Waals surface area (Å²) in [6.45, 7) is 1.41. The quantitative estimate of drug-likeness (QED) is 0.738. The van der Waals surface area contributed by atoms with Crippen molar-refractivity contribution in [1.82, 2.24) is 9.97 Å². The number of fused-ring (bicyclic) bond motifs is 1. The lowest BCUT2D eigenvalue weighted by Crippen LogP contribution is -2.06. The number of alkyl halides is 2. The van der Waals surface area contributed by atoms with E-state index in [4.69, 9.17) is 0 Å². The summed E-state index contributed by atoms with van der Waals surface area (Å²) < 4.78 is 28.7. The summed E-state index contributed by atoms with van der Waals surface area (Å²) >= 11 is 0. The lowest BCUT2D eigenvalue weighted by Gasteiger charge is -2.13. The van der Waals surface area contributed by atoms with Crippen molar-refractivity contribution in [2.24, 2.45) is 0 Å². The van der Waals surface area contributed by atoms with Crippen LogP contribution in [-0.4, -0.2) is 16.6 Å². The molecule has 0 amide bonds. The molecule has 0 spiro atoms. The van der Waals surface area contributed by atoms with Crippen LogP contribution in [0.15, 0.2) is 36.7 Å². The number of hydrogen-bond donors (Lipinski definition) is 1. The first-order valence-electron chi connectivity index (χ1n) is 7.91. The molecular formula is C19H16F2N4O. The van der Waals surface area contributed by atoms with Crippen LogP contribution in [0.3, 0.4) is 0 Å². The molecule has 7 heteroatoms. The Kier molecular flexibility index (Phi) is 4.94. The van der Waals surface area contributed by atoms with Gasteiger partial charge in [-0.2, -0.15) is 14.0 Å². The number of nitriles is 1. The zero-order chi connectivity index (χ0) is 18.7. The van der Waals surface area contributed by atoms with Crippen molar-refractivity contribution < 1.29 is 13.5 Å². The van der Waals surface area contributed by atoms with E-state index in [9.17, 15) is 14.0 Å². The van der Waals surface area contributed by atoms with E-state index in [1.54, 1.807) is 12.3 Å². The number of halogens is 2. The van der Waals surface area contributed by atoms with E-state index >= 15 is 0 Å². The highest BCUT2D eigenvalue weighted by atomic mass is 19.3. The Balaban J connectivity index is 1.89. The molecular weight excluding hydrogens is 338 g/mol. The van der Waals surface area contributed by atoms with Crippen LogP contribution in [0.25, 0.3) is 10.9 Å². The number of rotatable bonds is 5. The third-order valence-electron chi connectivity index (χ3n) is 3.90. The molecule has 3 rings (SSSR count). The fourth-order valence-electron chi connectivity index (χ4n) is 2.80. The Labute approximate surface area is 149 Å². The van der Waals surface area contributed by atoms with E-state index in [1.807, 2.05) is 26.0 Å². The number of nitrogens with zero attached hydrogens (tertiary/aromatic N) is 3. The minimum Gasteiger partial charge on any atom is -0.433 e. The van der Waals surface area contributed by atoms with Crippen LogP contribution in [0, 0.1) is 25.2 Å². The summed E-state index contributed by atoms with van der Waals surface area (Å²) in [5, 5.41) is 13.5. The van der Waals surface area contributed by atoms with E-state index in [1.165, 1.54) is 12.3 Å². The van der Waals surface area contributed by atoms with Gasteiger partial charge in [-0.05, 0) is 37.6 Å². The summed E-state index contributed by atoms with van der Waals surface area (Å²) in [6, 6.07) is 9.18. The summed E-state index contributed by atoms with van der Waals surface area (Å²) in [5.41, 5.74) is 4.66. The summed E-state index contributed by atoms with van der Waals surface area (Å²) in [7, 11) is 0. The van der Waals surface area contributed by atoms with Gasteiger partial charge in [0.1, 0.15) is 11.8 Å². The molecule has 0 unspecified atom stereocenters. The molecule has 0 aliphatic heterocycles. The lowest BCUT2D eigenvalue weighted by molar-refractivity contribution is -0.0500. The van der Waals surface area contributed by atoms with Gasteiger partial charge in [-0.25, -0.2) is 0 Å². The molecule has 1 N–H and O–H groups in total. The minimum atomic E-state index is -2.88. The van der Waals surface area contributed by atoms with Crippen molar-refractivity contribution in [3.05, 3.63) is 59.0 Å². The molecule has 2 heterocycles. The van der Waals surface area contributed by atoms with Gasteiger partial charge in [-0.15, -0.1) is 0 Å². The second-order valence-electron chi connectivity index (χ2n) is 5.85. The number of aryl methyl sites for hydroxylation is 2. The molecule has 2 aromatic heterocycles. The standard InChI is InChI=1S/C19H16F2N4O/c1-11-5-12(2)17-16(6-11)18(13(7-22)8-24-17)25-9-14-3-4-15(10-23-14)26-19(20)21/h3-6,8,10,19H,9H2,1-2H3,(H,24,25). The Morgan fingerprint density at radius 1 is 1.19 bits per heavy atom. The second-order valence-corrected chi connectivity index (χ2v) is 5.85. The number of hydrogen-bond acceptors (Lipinski definition) is 5. The van der Waals surface area contributed by atoms with Crippen LogP contribution in [0.1, 0.15) is 22.4 Å². The average Bonchev–Trinajstić information content (AvgIpc) is 2.60. The predicted octanol–water partition coefficient (Wildman–Crippen LogP) is 4.33. The monoisotopic (exact) mass is 354 g/mol. The van der Waals surface area contributed by atoms with E-state index in [0.29, 0.717) is 23.5 Å². The lowest BCUT2D eigenvalue weighted by atomic mass is 10.0. The molecule has 0 fully saturated rings. The van der Waals surface area contributed by atoms with E-state index in [-0.39, 0.29) is 5.75 Å².